The molecular formula is C8H14O2. The van der Waals surface area contributed by atoms with Gasteiger partial charge in [0.1, 0.15) is 0 Å². The Hall–Kier alpha value is -0.0800. The second kappa shape index (κ2) is 1.74. The summed E-state index contributed by atoms with van der Waals surface area (Å²) in [7, 11) is 0. The van der Waals surface area contributed by atoms with Crippen molar-refractivity contribution in [1.29, 1.82) is 0 Å². The van der Waals surface area contributed by atoms with E-state index in [1.807, 2.05) is 0 Å². The second-order valence-electron chi connectivity index (χ2n) is 3.66. The molecule has 58 valence electrons. The minimum Gasteiger partial charge on any atom is -0.389 e. The molecule has 1 aliphatic heterocycles. The van der Waals surface area contributed by atoms with Gasteiger partial charge in [0.05, 0.1) is 18.8 Å². The Morgan fingerprint density at radius 1 is 1.40 bits per heavy atom. The molecule has 1 aliphatic carbocycles. The highest BCUT2D eigenvalue weighted by Gasteiger charge is 2.60. The molecule has 2 heteroatoms. The first kappa shape index (κ1) is 6.62. The fourth-order valence-corrected chi connectivity index (χ4v) is 1.80. The average Bonchev–Trinajstić information content (AvgIpc) is 2.47. The van der Waals surface area contributed by atoms with E-state index >= 15 is 0 Å². The van der Waals surface area contributed by atoms with E-state index in [4.69, 9.17) is 4.74 Å². The molecule has 0 aromatic heterocycles. The van der Waals surface area contributed by atoms with Gasteiger partial charge >= 0.3 is 0 Å². The Morgan fingerprint density at radius 2 is 2.00 bits per heavy atom. The smallest absolute Gasteiger partial charge is 0.0749 e. The second-order valence-corrected chi connectivity index (χ2v) is 3.66. The number of hydrogen-bond acceptors (Lipinski definition) is 2. The van der Waals surface area contributed by atoms with Crippen LogP contribution >= 0.6 is 0 Å². The molecular weight excluding hydrogens is 128 g/mol. The highest BCUT2D eigenvalue weighted by atomic mass is 16.5. The summed E-state index contributed by atoms with van der Waals surface area (Å²) in [4.78, 5) is 0. The van der Waals surface area contributed by atoms with Crippen LogP contribution in [0.2, 0.25) is 0 Å². The Morgan fingerprint density at radius 3 is 2.10 bits per heavy atom. The normalized spacial score (nSPS) is 33.0. The predicted molar refractivity (Wildman–Crippen MR) is 37.7 cm³/mol. The first-order chi connectivity index (χ1) is 4.72. The third kappa shape index (κ3) is 0.611. The quantitative estimate of drug-likeness (QED) is 0.621. The van der Waals surface area contributed by atoms with E-state index in [2.05, 4.69) is 6.92 Å². The number of ether oxygens (including phenoxy) is 1. The van der Waals surface area contributed by atoms with Crippen LogP contribution in [-0.4, -0.2) is 23.9 Å². The van der Waals surface area contributed by atoms with Crippen LogP contribution in [-0.2, 0) is 4.74 Å². The summed E-state index contributed by atoms with van der Waals surface area (Å²) in [6, 6.07) is 0. The molecule has 2 nitrogen and oxygen atoms in total. The average molecular weight is 142 g/mol. The molecule has 2 fully saturated rings. The zero-order valence-electron chi connectivity index (χ0n) is 6.39. The summed E-state index contributed by atoms with van der Waals surface area (Å²) in [6.45, 7) is 3.69. The van der Waals surface area contributed by atoms with E-state index in [0.717, 1.165) is 32.5 Å². The van der Waals surface area contributed by atoms with Gasteiger partial charge in [-0.3, -0.25) is 0 Å². The van der Waals surface area contributed by atoms with Crippen LogP contribution in [0, 0.1) is 5.41 Å². The summed E-state index contributed by atoms with van der Waals surface area (Å²) in [6.07, 6.45) is 3.04. The Labute approximate surface area is 61.2 Å². The summed E-state index contributed by atoms with van der Waals surface area (Å²) in [5, 5.41) is 9.82. The molecule has 1 saturated heterocycles. The lowest BCUT2D eigenvalue weighted by molar-refractivity contribution is -0.185. The predicted octanol–water partition coefficient (Wildman–Crippen LogP) is 0.938. The van der Waals surface area contributed by atoms with Crippen molar-refractivity contribution in [3.05, 3.63) is 0 Å². The molecule has 2 rings (SSSR count). The molecule has 1 heterocycles. The summed E-state index contributed by atoms with van der Waals surface area (Å²) >= 11 is 0. The molecule has 0 aromatic rings. The Bertz CT molecular complexity index is 140. The molecule has 1 N–H and O–H groups in total. The molecule has 0 unspecified atom stereocenters. The Balaban J connectivity index is 2.11. The van der Waals surface area contributed by atoms with Crippen LogP contribution in [0.1, 0.15) is 26.2 Å². The zero-order valence-corrected chi connectivity index (χ0v) is 6.39. The lowest BCUT2D eigenvalue weighted by Gasteiger charge is -2.45. The number of aliphatic hydroxyl groups is 1. The van der Waals surface area contributed by atoms with Gasteiger partial charge in [0.25, 0.3) is 0 Å². The molecule has 0 atom stereocenters. The van der Waals surface area contributed by atoms with E-state index in [9.17, 15) is 5.11 Å². The van der Waals surface area contributed by atoms with Crippen LogP contribution in [0.15, 0.2) is 0 Å². The molecule has 0 aromatic carbocycles. The highest BCUT2D eigenvalue weighted by Crippen LogP contribution is 2.55. The highest BCUT2D eigenvalue weighted by molar-refractivity contribution is 5.10. The van der Waals surface area contributed by atoms with Gasteiger partial charge in [-0.2, -0.15) is 0 Å². The van der Waals surface area contributed by atoms with Crippen molar-refractivity contribution < 1.29 is 9.84 Å². The fourth-order valence-electron chi connectivity index (χ4n) is 1.80. The van der Waals surface area contributed by atoms with Gasteiger partial charge in [0, 0.05) is 5.41 Å². The first-order valence-corrected chi connectivity index (χ1v) is 4.03. The topological polar surface area (TPSA) is 29.5 Å². The molecule has 0 bridgehead atoms. The van der Waals surface area contributed by atoms with Crippen LogP contribution in [0.3, 0.4) is 0 Å². The summed E-state index contributed by atoms with van der Waals surface area (Å²) in [5.41, 5.74) is -0.187. The van der Waals surface area contributed by atoms with Gasteiger partial charge in [-0.25, -0.2) is 0 Å². The lowest BCUT2D eigenvalue weighted by Crippen LogP contribution is -2.52. The summed E-state index contributed by atoms with van der Waals surface area (Å²) in [5.74, 6) is 0. The van der Waals surface area contributed by atoms with Crippen LogP contribution in [0.25, 0.3) is 0 Å². The van der Waals surface area contributed by atoms with Crippen LogP contribution in [0.4, 0.5) is 0 Å². The minimum absolute atomic E-state index is 0.146. The van der Waals surface area contributed by atoms with E-state index < -0.39 is 0 Å². The molecule has 0 spiro atoms. The van der Waals surface area contributed by atoms with Crippen LogP contribution < -0.4 is 0 Å². The van der Waals surface area contributed by atoms with Gasteiger partial charge in [-0.15, -0.1) is 0 Å². The molecule has 2 aliphatic rings. The third-order valence-corrected chi connectivity index (χ3v) is 3.14. The van der Waals surface area contributed by atoms with Gasteiger partial charge in [0.2, 0.25) is 0 Å². The number of rotatable bonds is 2. The van der Waals surface area contributed by atoms with Crippen molar-refractivity contribution in [3.63, 3.8) is 0 Å². The molecule has 1 saturated carbocycles. The zero-order chi connectivity index (χ0) is 7.24. The van der Waals surface area contributed by atoms with Gasteiger partial charge in [0.15, 0.2) is 0 Å². The van der Waals surface area contributed by atoms with Gasteiger partial charge in [-0.05, 0) is 19.3 Å². The van der Waals surface area contributed by atoms with Crippen molar-refractivity contribution in [2.45, 2.75) is 31.8 Å². The largest absolute Gasteiger partial charge is 0.389 e. The van der Waals surface area contributed by atoms with E-state index in [-0.39, 0.29) is 11.0 Å². The third-order valence-electron chi connectivity index (χ3n) is 3.14. The minimum atomic E-state index is -0.333. The van der Waals surface area contributed by atoms with Crippen molar-refractivity contribution >= 4 is 0 Å². The number of hydrogen-bond donors (Lipinski definition) is 1. The van der Waals surface area contributed by atoms with Gasteiger partial charge in [-0.1, -0.05) is 6.92 Å². The SMILES string of the molecule is CCC1(C2(O)CC2)COC1. The van der Waals surface area contributed by atoms with Gasteiger partial charge < -0.3 is 9.84 Å². The maximum atomic E-state index is 9.82. The Kier molecular flexibility index (Phi) is 1.15. The molecule has 10 heavy (non-hydrogen) atoms. The maximum absolute atomic E-state index is 9.82. The monoisotopic (exact) mass is 142 g/mol. The van der Waals surface area contributed by atoms with Crippen LogP contribution in [0.5, 0.6) is 0 Å². The molecule has 0 amide bonds. The lowest BCUT2D eigenvalue weighted by atomic mass is 9.75. The van der Waals surface area contributed by atoms with E-state index in [1.165, 1.54) is 0 Å². The first-order valence-electron chi connectivity index (χ1n) is 4.03. The van der Waals surface area contributed by atoms with E-state index in [1.54, 1.807) is 0 Å². The summed E-state index contributed by atoms with van der Waals surface area (Å²) < 4.78 is 5.14. The van der Waals surface area contributed by atoms with E-state index in [0.29, 0.717) is 0 Å². The maximum Gasteiger partial charge on any atom is 0.0749 e. The van der Waals surface area contributed by atoms with Crippen molar-refractivity contribution in [2.75, 3.05) is 13.2 Å². The fraction of sp³-hybridized carbons (Fsp3) is 1.00. The standard InChI is InChI=1S/C8H14O2/c1-2-7(5-10-6-7)8(9)3-4-8/h9H,2-6H2,1H3. The molecule has 0 radical (unpaired) electrons. The van der Waals surface area contributed by atoms with Crippen molar-refractivity contribution in [3.8, 4) is 0 Å². The van der Waals surface area contributed by atoms with Crippen molar-refractivity contribution in [1.82, 2.24) is 0 Å². The van der Waals surface area contributed by atoms with Crippen molar-refractivity contribution in [2.24, 2.45) is 5.41 Å².